The van der Waals surface area contributed by atoms with E-state index in [1.807, 2.05) is 52.0 Å². The number of amides is 2. The number of hydrogen-bond acceptors (Lipinski definition) is 7. The van der Waals surface area contributed by atoms with Gasteiger partial charge >= 0.3 is 12.2 Å². The van der Waals surface area contributed by atoms with Gasteiger partial charge in [0.25, 0.3) is 0 Å². The number of nitrogens with zero attached hydrogens (tertiary/aromatic N) is 6. The van der Waals surface area contributed by atoms with Gasteiger partial charge in [-0.3, -0.25) is 0 Å². The van der Waals surface area contributed by atoms with Crippen molar-refractivity contribution in [2.45, 2.75) is 120 Å². The van der Waals surface area contributed by atoms with Gasteiger partial charge in [-0.15, -0.1) is 4.99 Å². The van der Waals surface area contributed by atoms with Crippen molar-refractivity contribution in [3.63, 3.8) is 0 Å². The molecule has 43 heavy (non-hydrogen) atoms. The van der Waals surface area contributed by atoms with Gasteiger partial charge in [0.2, 0.25) is 5.96 Å². The molecule has 0 heterocycles. The van der Waals surface area contributed by atoms with E-state index in [4.69, 9.17) is 9.47 Å². The van der Waals surface area contributed by atoms with Crippen molar-refractivity contribution in [2.24, 2.45) is 20.2 Å². The number of ether oxygens (including phenoxy) is 2. The van der Waals surface area contributed by atoms with Crippen LogP contribution in [0, 0.1) is 0 Å². The van der Waals surface area contributed by atoms with E-state index in [-0.39, 0.29) is 18.5 Å². The molecule has 0 aliphatic heterocycles. The molecule has 240 valence electrons. The minimum atomic E-state index is -0.848. The standard InChI is InChI=1S/C30H46N6O4.C3H8/c1-13-22(4)18-31-20-35(12)26(32-27(37)39-29(6,7)8)36(28(38)40-30(9,10)11)19-24-14-16-25(17-15-24)23(5)34-33-21(2)3;1-3-2/h14-18,20-21H,5,13,19H2,1-4,6-12H3;3H2,1-2H3/b22-18+,31-20?,32-26+,34-33?;. The summed E-state index contributed by atoms with van der Waals surface area (Å²) in [6.45, 7) is 26.7. The van der Waals surface area contributed by atoms with Crippen LogP contribution in [0.2, 0.25) is 0 Å². The van der Waals surface area contributed by atoms with E-state index in [2.05, 4.69) is 40.6 Å². The van der Waals surface area contributed by atoms with Gasteiger partial charge in [0, 0.05) is 18.8 Å². The molecule has 0 fully saturated rings. The van der Waals surface area contributed by atoms with Gasteiger partial charge in [0.05, 0.1) is 24.6 Å². The summed E-state index contributed by atoms with van der Waals surface area (Å²) in [7, 11) is 1.64. The Morgan fingerprint density at radius 2 is 1.51 bits per heavy atom. The lowest BCUT2D eigenvalue weighted by molar-refractivity contribution is 0.0345. The van der Waals surface area contributed by atoms with E-state index < -0.39 is 23.4 Å². The molecule has 0 aliphatic rings. The quantitative estimate of drug-likeness (QED) is 0.168. The highest BCUT2D eigenvalue weighted by Crippen LogP contribution is 2.19. The summed E-state index contributed by atoms with van der Waals surface area (Å²) in [6.07, 6.45) is 3.74. The first-order chi connectivity index (χ1) is 19.8. The van der Waals surface area contributed by atoms with E-state index in [0.29, 0.717) is 5.70 Å². The SMILES string of the molecule is C=C(N=NC(C)C)c1ccc(CN(C(=O)OC(C)(C)C)/C(=N/C(=O)OC(C)(C)C)N(C)C=N/C=C(\C)CC)cc1.CCC. The summed E-state index contributed by atoms with van der Waals surface area (Å²) < 4.78 is 11.1. The lowest BCUT2D eigenvalue weighted by Crippen LogP contribution is -2.47. The van der Waals surface area contributed by atoms with Crippen molar-refractivity contribution in [2.75, 3.05) is 7.05 Å². The fourth-order valence-corrected chi connectivity index (χ4v) is 2.86. The molecule has 0 bridgehead atoms. The van der Waals surface area contributed by atoms with Crippen LogP contribution in [0.5, 0.6) is 0 Å². The second-order valence-electron chi connectivity index (χ2n) is 12.3. The number of rotatable bonds is 8. The summed E-state index contributed by atoms with van der Waals surface area (Å²) in [5, 5.41) is 8.30. The molecule has 0 radical (unpaired) electrons. The second-order valence-corrected chi connectivity index (χ2v) is 12.3. The molecule has 0 aromatic heterocycles. The maximum atomic E-state index is 13.5. The number of azo groups is 1. The number of carbonyl (C=O) groups excluding carboxylic acids is 2. The summed E-state index contributed by atoms with van der Waals surface area (Å²) in [4.78, 5) is 37.5. The Balaban J connectivity index is 0.00000562. The van der Waals surface area contributed by atoms with E-state index in [1.165, 1.54) is 22.6 Å². The number of benzene rings is 1. The Hall–Kier alpha value is -3.82. The van der Waals surface area contributed by atoms with Gasteiger partial charge in [-0.1, -0.05) is 63.6 Å². The van der Waals surface area contributed by atoms with Crippen molar-refractivity contribution in [3.8, 4) is 0 Å². The first-order valence-corrected chi connectivity index (χ1v) is 14.8. The minimum Gasteiger partial charge on any atom is -0.443 e. The van der Waals surface area contributed by atoms with Crippen LogP contribution in [0.4, 0.5) is 9.59 Å². The molecule has 0 unspecified atom stereocenters. The Labute approximate surface area is 259 Å². The maximum Gasteiger partial charge on any atom is 0.437 e. The van der Waals surface area contributed by atoms with Crippen molar-refractivity contribution >= 4 is 30.2 Å². The van der Waals surface area contributed by atoms with Gasteiger partial charge in [-0.05, 0) is 74.3 Å². The number of aliphatic imine (C=N–C) groups is 2. The molecule has 0 spiro atoms. The molecule has 0 aliphatic carbocycles. The largest absolute Gasteiger partial charge is 0.443 e. The first-order valence-electron chi connectivity index (χ1n) is 14.8. The summed E-state index contributed by atoms with van der Waals surface area (Å²) >= 11 is 0. The zero-order chi connectivity index (χ0) is 33.4. The van der Waals surface area contributed by atoms with Crippen LogP contribution < -0.4 is 0 Å². The van der Waals surface area contributed by atoms with Gasteiger partial charge in [0.1, 0.15) is 11.2 Å². The third-order valence-electron chi connectivity index (χ3n) is 4.89. The Morgan fingerprint density at radius 3 is 1.98 bits per heavy atom. The highest BCUT2D eigenvalue weighted by atomic mass is 16.6. The fourth-order valence-electron chi connectivity index (χ4n) is 2.86. The van der Waals surface area contributed by atoms with Crippen LogP contribution in [0.3, 0.4) is 0 Å². The highest BCUT2D eigenvalue weighted by molar-refractivity contribution is 6.03. The lowest BCUT2D eigenvalue weighted by atomic mass is 10.1. The third-order valence-corrected chi connectivity index (χ3v) is 4.89. The minimum absolute atomic E-state index is 0.00554. The normalized spacial score (nSPS) is 12.7. The van der Waals surface area contributed by atoms with Gasteiger partial charge in [0.15, 0.2) is 0 Å². The van der Waals surface area contributed by atoms with Crippen LogP contribution in [0.1, 0.15) is 107 Å². The molecule has 1 aromatic carbocycles. The van der Waals surface area contributed by atoms with E-state index in [9.17, 15) is 9.59 Å². The van der Waals surface area contributed by atoms with Crippen LogP contribution in [0.15, 0.2) is 62.8 Å². The molecular weight excluding hydrogens is 544 g/mol. The molecule has 2 amide bonds. The third kappa shape index (κ3) is 17.7. The molecule has 1 aromatic rings. The second kappa shape index (κ2) is 18.7. The van der Waals surface area contributed by atoms with E-state index in [1.54, 1.807) is 54.8 Å². The summed E-state index contributed by atoms with van der Waals surface area (Å²) in [5.41, 5.74) is 1.58. The molecule has 1 rings (SSSR count). The van der Waals surface area contributed by atoms with Crippen LogP contribution in [0.25, 0.3) is 5.70 Å². The highest BCUT2D eigenvalue weighted by Gasteiger charge is 2.30. The topological polar surface area (TPSA) is 109 Å². The summed E-state index contributed by atoms with van der Waals surface area (Å²) in [5.74, 6) is -0.00554. The van der Waals surface area contributed by atoms with Gasteiger partial charge < -0.3 is 14.4 Å². The molecule has 0 saturated heterocycles. The van der Waals surface area contributed by atoms with E-state index >= 15 is 0 Å². The molecule has 0 saturated carbocycles. The fraction of sp³-hybridized carbons (Fsp3) is 0.576. The monoisotopic (exact) mass is 598 g/mol. The van der Waals surface area contributed by atoms with Crippen LogP contribution in [-0.2, 0) is 16.0 Å². The average Bonchev–Trinajstić information content (AvgIpc) is 2.87. The smallest absolute Gasteiger partial charge is 0.437 e. The van der Waals surface area contributed by atoms with Crippen molar-refractivity contribution in [1.29, 1.82) is 0 Å². The van der Waals surface area contributed by atoms with Crippen LogP contribution >= 0.6 is 0 Å². The average molecular weight is 599 g/mol. The Kier molecular flexibility index (Phi) is 17.0. The maximum absolute atomic E-state index is 13.5. The molecular formula is C33H54N6O4. The molecule has 0 N–H and O–H groups in total. The zero-order valence-corrected chi connectivity index (χ0v) is 28.7. The number of allylic oxidation sites excluding steroid dienone is 1. The number of hydrogen-bond donors (Lipinski definition) is 0. The van der Waals surface area contributed by atoms with Gasteiger partial charge in [-0.25, -0.2) is 19.5 Å². The zero-order valence-electron chi connectivity index (χ0n) is 28.7. The Morgan fingerprint density at radius 1 is 0.977 bits per heavy atom. The predicted octanol–water partition coefficient (Wildman–Crippen LogP) is 9.24. The molecule has 10 heteroatoms. The lowest BCUT2D eigenvalue weighted by Gasteiger charge is -2.31. The number of guanidine groups is 1. The predicted molar refractivity (Wildman–Crippen MR) is 177 cm³/mol. The van der Waals surface area contributed by atoms with E-state index in [0.717, 1.165) is 23.1 Å². The van der Waals surface area contributed by atoms with Crippen molar-refractivity contribution in [3.05, 3.63) is 53.7 Å². The summed E-state index contributed by atoms with van der Waals surface area (Å²) in [6, 6.07) is 7.43. The van der Waals surface area contributed by atoms with Crippen LogP contribution in [-0.4, -0.2) is 58.6 Å². The van der Waals surface area contributed by atoms with Crippen molar-refractivity contribution < 1.29 is 19.1 Å². The first kappa shape index (κ1) is 39.2. The molecule has 0 atom stereocenters. The van der Waals surface area contributed by atoms with Crippen molar-refractivity contribution in [1.82, 2.24) is 9.80 Å². The Bertz CT molecular complexity index is 1150. The van der Waals surface area contributed by atoms with Gasteiger partial charge in [-0.2, -0.15) is 10.2 Å². The number of carbonyl (C=O) groups is 2. The molecule has 10 nitrogen and oxygen atoms in total.